The van der Waals surface area contributed by atoms with Gasteiger partial charge in [-0.15, -0.1) is 0 Å². The highest BCUT2D eigenvalue weighted by Crippen LogP contribution is 2.37. The van der Waals surface area contributed by atoms with E-state index in [0.29, 0.717) is 21.4 Å². The van der Waals surface area contributed by atoms with Crippen LogP contribution in [0.15, 0.2) is 36.4 Å². The molecule has 1 N–H and O–H groups in total. The van der Waals surface area contributed by atoms with Crippen molar-refractivity contribution >= 4 is 46.4 Å². The van der Waals surface area contributed by atoms with Crippen molar-refractivity contribution in [2.45, 2.75) is 20.0 Å². The molecule has 3 rings (SSSR count). The van der Waals surface area contributed by atoms with Crippen molar-refractivity contribution in [2.24, 2.45) is 0 Å². The van der Waals surface area contributed by atoms with Gasteiger partial charge in [-0.2, -0.15) is 0 Å². The topological polar surface area (TPSA) is 38.3 Å². The molecule has 0 saturated heterocycles. The van der Waals surface area contributed by atoms with Crippen LogP contribution in [0.1, 0.15) is 25.0 Å². The highest BCUT2D eigenvalue weighted by molar-refractivity contribution is 6.38. The number of carbonyl (C=O) groups is 1. The van der Waals surface area contributed by atoms with Crippen LogP contribution in [-0.2, 0) is 4.79 Å². The number of fused-ring (bicyclic) bond motifs is 1. The summed E-state index contributed by atoms with van der Waals surface area (Å²) in [6.07, 6.45) is 1.75. The van der Waals surface area contributed by atoms with Crippen LogP contribution in [0.4, 0.5) is 5.69 Å². The highest BCUT2D eigenvalue weighted by atomic mass is 35.5. The number of halogens is 2. The molecule has 5 heteroatoms. The van der Waals surface area contributed by atoms with Crippen molar-refractivity contribution in [3.8, 4) is 5.75 Å². The van der Waals surface area contributed by atoms with Crippen LogP contribution >= 0.6 is 23.2 Å². The van der Waals surface area contributed by atoms with E-state index in [1.54, 1.807) is 18.2 Å². The van der Waals surface area contributed by atoms with Crippen molar-refractivity contribution in [3.05, 3.63) is 57.6 Å². The lowest BCUT2D eigenvalue weighted by atomic mass is 10.0. The number of amides is 1. The summed E-state index contributed by atoms with van der Waals surface area (Å²) in [5.74, 6) is 0.322. The smallest absolute Gasteiger partial charge is 0.256 e. The third-order valence-electron chi connectivity index (χ3n) is 3.40. The summed E-state index contributed by atoms with van der Waals surface area (Å²) in [4.78, 5) is 12.1. The number of rotatable bonds is 3. The molecule has 0 spiro atoms. The fraction of sp³-hybridized carbons (Fsp3) is 0.167. The number of carbonyl (C=O) groups excluding carboxylic acids is 1. The van der Waals surface area contributed by atoms with Gasteiger partial charge in [0.1, 0.15) is 0 Å². The average molecular weight is 348 g/mol. The molecule has 0 radical (unpaired) electrons. The van der Waals surface area contributed by atoms with E-state index >= 15 is 0 Å². The van der Waals surface area contributed by atoms with Gasteiger partial charge < -0.3 is 10.1 Å². The molecular weight excluding hydrogens is 333 g/mol. The molecule has 1 amide bonds. The second-order valence-corrected chi connectivity index (χ2v) is 6.35. The number of ether oxygens (including phenoxy) is 1. The predicted octanol–water partition coefficient (Wildman–Crippen LogP) is 5.27. The Morgan fingerprint density at radius 2 is 1.78 bits per heavy atom. The van der Waals surface area contributed by atoms with E-state index in [1.165, 1.54) is 0 Å². The summed E-state index contributed by atoms with van der Waals surface area (Å²) in [5.41, 5.74) is 3.01. The molecule has 3 nitrogen and oxygen atoms in total. The quantitative estimate of drug-likeness (QED) is 0.767. The summed E-state index contributed by atoms with van der Waals surface area (Å²) in [7, 11) is 0. The first-order valence-electron chi connectivity index (χ1n) is 7.24. The molecule has 0 atom stereocenters. The zero-order valence-electron chi connectivity index (χ0n) is 12.7. The summed E-state index contributed by atoms with van der Waals surface area (Å²) < 4.78 is 5.61. The first kappa shape index (κ1) is 15.9. The molecule has 1 aliphatic rings. The van der Waals surface area contributed by atoms with Crippen LogP contribution < -0.4 is 10.1 Å². The molecule has 0 aromatic heterocycles. The number of hydrogen-bond donors (Lipinski definition) is 1. The zero-order chi connectivity index (χ0) is 16.6. The Balaban J connectivity index is 2.02. The number of benzene rings is 2. The molecule has 2 aromatic rings. The third kappa shape index (κ3) is 3.21. The van der Waals surface area contributed by atoms with Crippen molar-refractivity contribution in [2.75, 3.05) is 5.32 Å². The van der Waals surface area contributed by atoms with Crippen LogP contribution in [0.5, 0.6) is 5.75 Å². The van der Waals surface area contributed by atoms with Crippen LogP contribution in [0.25, 0.3) is 11.6 Å². The largest absolute Gasteiger partial charge is 0.488 e. The van der Waals surface area contributed by atoms with Gasteiger partial charge in [0.15, 0.2) is 5.75 Å². The van der Waals surface area contributed by atoms with Gasteiger partial charge in [0, 0.05) is 16.8 Å². The zero-order valence-corrected chi connectivity index (χ0v) is 14.2. The Morgan fingerprint density at radius 1 is 1.13 bits per heavy atom. The predicted molar refractivity (Wildman–Crippen MR) is 95.2 cm³/mol. The van der Waals surface area contributed by atoms with Crippen LogP contribution in [-0.4, -0.2) is 12.0 Å². The van der Waals surface area contributed by atoms with Gasteiger partial charge in [0.2, 0.25) is 0 Å². The molecule has 0 fully saturated rings. The molecule has 0 saturated carbocycles. The number of anilines is 1. The maximum absolute atomic E-state index is 12.1. The first-order chi connectivity index (χ1) is 11.0. The minimum atomic E-state index is -0.138. The van der Waals surface area contributed by atoms with Gasteiger partial charge in [-0.3, -0.25) is 4.79 Å². The SMILES string of the molecule is CC(C)Oc1c(Cl)cc(/C=C2/C(=O)Nc3ccccc32)cc1Cl. The summed E-state index contributed by atoms with van der Waals surface area (Å²) >= 11 is 12.5. The monoisotopic (exact) mass is 347 g/mol. The standard InChI is InChI=1S/C18H15Cl2NO2/c1-10(2)23-17-14(19)8-11(9-15(17)20)7-13-12-5-3-4-6-16(12)21-18(13)22/h3-10H,1-2H3,(H,21,22)/b13-7+. The average Bonchev–Trinajstić information content (AvgIpc) is 2.79. The molecule has 23 heavy (non-hydrogen) atoms. The number of nitrogens with one attached hydrogen (secondary N) is 1. The molecule has 0 bridgehead atoms. The van der Waals surface area contributed by atoms with Gasteiger partial charge in [-0.05, 0) is 43.7 Å². The van der Waals surface area contributed by atoms with E-state index in [-0.39, 0.29) is 12.0 Å². The summed E-state index contributed by atoms with van der Waals surface area (Å²) in [6.45, 7) is 3.81. The lowest BCUT2D eigenvalue weighted by molar-refractivity contribution is -0.110. The number of hydrogen-bond acceptors (Lipinski definition) is 2. The third-order valence-corrected chi connectivity index (χ3v) is 3.96. The molecule has 0 aliphatic carbocycles. The maximum atomic E-state index is 12.1. The Bertz CT molecular complexity index is 789. The maximum Gasteiger partial charge on any atom is 0.256 e. The van der Waals surface area contributed by atoms with Crippen molar-refractivity contribution < 1.29 is 9.53 Å². The molecule has 1 heterocycles. The second kappa shape index (κ2) is 6.26. The molecule has 0 unspecified atom stereocenters. The van der Waals surface area contributed by atoms with Gasteiger partial charge in [0.25, 0.3) is 5.91 Å². The van der Waals surface area contributed by atoms with E-state index in [4.69, 9.17) is 27.9 Å². The Kier molecular flexibility index (Phi) is 4.33. The lowest BCUT2D eigenvalue weighted by Crippen LogP contribution is -2.06. The Morgan fingerprint density at radius 3 is 2.43 bits per heavy atom. The summed E-state index contributed by atoms with van der Waals surface area (Å²) in [5, 5.41) is 3.68. The highest BCUT2D eigenvalue weighted by Gasteiger charge is 2.23. The summed E-state index contributed by atoms with van der Waals surface area (Å²) in [6, 6.07) is 11.0. The van der Waals surface area contributed by atoms with Crippen molar-refractivity contribution in [3.63, 3.8) is 0 Å². The van der Waals surface area contributed by atoms with Crippen LogP contribution in [0.3, 0.4) is 0 Å². The first-order valence-corrected chi connectivity index (χ1v) is 7.99. The minimum Gasteiger partial charge on any atom is -0.488 e. The van der Waals surface area contributed by atoms with Gasteiger partial charge in [-0.1, -0.05) is 41.4 Å². The van der Waals surface area contributed by atoms with E-state index in [9.17, 15) is 4.79 Å². The van der Waals surface area contributed by atoms with E-state index in [0.717, 1.165) is 16.8 Å². The van der Waals surface area contributed by atoms with Gasteiger partial charge in [-0.25, -0.2) is 0 Å². The second-order valence-electron chi connectivity index (χ2n) is 5.54. The van der Waals surface area contributed by atoms with E-state index < -0.39 is 0 Å². The van der Waals surface area contributed by atoms with Gasteiger partial charge in [0.05, 0.1) is 16.1 Å². The molecular formula is C18H15Cl2NO2. The van der Waals surface area contributed by atoms with E-state index in [2.05, 4.69) is 5.32 Å². The fourth-order valence-corrected chi connectivity index (χ4v) is 3.05. The van der Waals surface area contributed by atoms with Gasteiger partial charge >= 0.3 is 0 Å². The fourth-order valence-electron chi connectivity index (χ4n) is 2.46. The van der Waals surface area contributed by atoms with E-state index in [1.807, 2.05) is 38.1 Å². The molecule has 118 valence electrons. The van der Waals surface area contributed by atoms with Crippen LogP contribution in [0, 0.1) is 0 Å². The van der Waals surface area contributed by atoms with Crippen molar-refractivity contribution in [1.29, 1.82) is 0 Å². The molecule has 1 aliphatic heterocycles. The normalized spacial score (nSPS) is 15.0. The lowest BCUT2D eigenvalue weighted by Gasteiger charge is -2.13. The van der Waals surface area contributed by atoms with Crippen LogP contribution in [0.2, 0.25) is 10.0 Å². The Hall–Kier alpha value is -1.97. The number of para-hydroxylation sites is 1. The van der Waals surface area contributed by atoms with Crippen molar-refractivity contribution in [1.82, 2.24) is 0 Å². The molecule has 2 aromatic carbocycles. The minimum absolute atomic E-state index is 0.0262. The Labute approximate surface area is 144 Å².